The van der Waals surface area contributed by atoms with Crippen LogP contribution in [0, 0.1) is 0 Å². The van der Waals surface area contributed by atoms with Crippen LogP contribution >= 0.6 is 0 Å². The van der Waals surface area contributed by atoms with E-state index in [9.17, 15) is 9.59 Å². The Kier molecular flexibility index (Phi) is 5.55. The van der Waals surface area contributed by atoms with Crippen LogP contribution in [0.4, 0.5) is 0 Å². The summed E-state index contributed by atoms with van der Waals surface area (Å²) in [6.07, 6.45) is 4.74. The maximum absolute atomic E-state index is 12.5. The van der Waals surface area contributed by atoms with Gasteiger partial charge in [-0.2, -0.15) is 0 Å². The lowest BCUT2D eigenvalue weighted by molar-refractivity contribution is -0.146. The van der Waals surface area contributed by atoms with Crippen LogP contribution in [-0.4, -0.2) is 30.6 Å². The van der Waals surface area contributed by atoms with Gasteiger partial charge in [0.05, 0.1) is 12.6 Å². The van der Waals surface area contributed by atoms with Crippen LogP contribution in [0.5, 0.6) is 0 Å². The summed E-state index contributed by atoms with van der Waals surface area (Å²) in [5.41, 5.74) is 6.33. The Hall–Kier alpha value is -1.88. The first-order valence-corrected chi connectivity index (χ1v) is 7.77. The largest absolute Gasteiger partial charge is 0.467 e. The van der Waals surface area contributed by atoms with Crippen molar-refractivity contribution in [3.63, 3.8) is 0 Å². The number of hydrogen-bond acceptors (Lipinski definition) is 4. The standard InChI is InChI=1S/C17H24N2O3/c1-22-15(20)14(12-13-8-4-2-5-9-13)19-16(21)17(18)10-6-3-7-11-17/h2,4-5,8-9,14H,3,6-7,10-12,18H2,1H3,(H,19,21)/t14-/m1/s1. The number of methoxy groups -OCH3 is 1. The molecule has 1 saturated carbocycles. The van der Waals surface area contributed by atoms with Gasteiger partial charge in [-0.1, -0.05) is 49.6 Å². The second-order valence-corrected chi connectivity index (χ2v) is 5.96. The third-order valence-electron chi connectivity index (χ3n) is 4.27. The molecule has 0 aromatic heterocycles. The van der Waals surface area contributed by atoms with Gasteiger partial charge in [-0.05, 0) is 18.4 Å². The second-order valence-electron chi connectivity index (χ2n) is 5.96. The van der Waals surface area contributed by atoms with E-state index in [1.54, 1.807) is 0 Å². The van der Waals surface area contributed by atoms with Gasteiger partial charge < -0.3 is 15.8 Å². The summed E-state index contributed by atoms with van der Waals surface area (Å²) in [5, 5.41) is 2.79. The predicted molar refractivity (Wildman–Crippen MR) is 84.1 cm³/mol. The van der Waals surface area contributed by atoms with Crippen LogP contribution < -0.4 is 11.1 Å². The molecule has 0 aliphatic heterocycles. The molecule has 0 radical (unpaired) electrons. The Balaban J connectivity index is 2.06. The number of esters is 1. The minimum Gasteiger partial charge on any atom is -0.467 e. The molecule has 0 unspecified atom stereocenters. The highest BCUT2D eigenvalue weighted by atomic mass is 16.5. The predicted octanol–water partition coefficient (Wildman–Crippen LogP) is 1.55. The fourth-order valence-corrected chi connectivity index (χ4v) is 2.90. The van der Waals surface area contributed by atoms with E-state index in [2.05, 4.69) is 5.32 Å². The van der Waals surface area contributed by atoms with Crippen molar-refractivity contribution in [1.29, 1.82) is 0 Å². The number of ether oxygens (including phenoxy) is 1. The lowest BCUT2D eigenvalue weighted by Crippen LogP contribution is -2.58. The highest BCUT2D eigenvalue weighted by Gasteiger charge is 2.37. The van der Waals surface area contributed by atoms with E-state index >= 15 is 0 Å². The normalized spacial score (nSPS) is 18.3. The van der Waals surface area contributed by atoms with E-state index in [-0.39, 0.29) is 5.91 Å². The second kappa shape index (κ2) is 7.40. The maximum Gasteiger partial charge on any atom is 0.328 e. The molecule has 1 atom stereocenters. The Morgan fingerprint density at radius 2 is 1.86 bits per heavy atom. The molecule has 0 spiro atoms. The zero-order valence-electron chi connectivity index (χ0n) is 13.0. The van der Waals surface area contributed by atoms with Crippen LogP contribution in [0.2, 0.25) is 0 Å². The number of carbonyl (C=O) groups excluding carboxylic acids is 2. The summed E-state index contributed by atoms with van der Waals surface area (Å²) >= 11 is 0. The van der Waals surface area contributed by atoms with E-state index in [0.29, 0.717) is 19.3 Å². The first-order valence-electron chi connectivity index (χ1n) is 7.77. The molecule has 1 amide bonds. The van der Waals surface area contributed by atoms with E-state index < -0.39 is 17.6 Å². The lowest BCUT2D eigenvalue weighted by Gasteiger charge is -2.33. The lowest BCUT2D eigenvalue weighted by atomic mass is 9.81. The van der Waals surface area contributed by atoms with Gasteiger partial charge in [0.25, 0.3) is 0 Å². The Morgan fingerprint density at radius 3 is 2.45 bits per heavy atom. The number of nitrogens with two attached hydrogens (primary N) is 1. The highest BCUT2D eigenvalue weighted by Crippen LogP contribution is 2.26. The van der Waals surface area contributed by atoms with Gasteiger partial charge >= 0.3 is 5.97 Å². The number of carbonyl (C=O) groups is 2. The quantitative estimate of drug-likeness (QED) is 0.809. The minimum absolute atomic E-state index is 0.251. The van der Waals surface area contributed by atoms with Gasteiger partial charge in [0.15, 0.2) is 0 Å². The number of rotatable bonds is 5. The van der Waals surface area contributed by atoms with Crippen molar-refractivity contribution in [3.8, 4) is 0 Å². The molecular weight excluding hydrogens is 280 g/mol. The van der Waals surface area contributed by atoms with Gasteiger partial charge in [0.1, 0.15) is 6.04 Å². The van der Waals surface area contributed by atoms with E-state index in [0.717, 1.165) is 24.8 Å². The first kappa shape index (κ1) is 16.5. The van der Waals surface area contributed by atoms with Gasteiger partial charge in [0.2, 0.25) is 5.91 Å². The van der Waals surface area contributed by atoms with Gasteiger partial charge in [0, 0.05) is 6.42 Å². The van der Waals surface area contributed by atoms with Crippen molar-refractivity contribution in [1.82, 2.24) is 5.32 Å². The molecule has 0 heterocycles. The number of nitrogens with one attached hydrogen (secondary N) is 1. The molecule has 5 heteroatoms. The Morgan fingerprint density at radius 1 is 1.23 bits per heavy atom. The van der Waals surface area contributed by atoms with Crippen molar-refractivity contribution in [2.24, 2.45) is 5.73 Å². The van der Waals surface area contributed by atoms with Gasteiger partial charge in [-0.15, -0.1) is 0 Å². The summed E-state index contributed by atoms with van der Waals surface area (Å²) in [4.78, 5) is 24.5. The minimum atomic E-state index is -0.860. The summed E-state index contributed by atoms with van der Waals surface area (Å²) in [6.45, 7) is 0. The van der Waals surface area contributed by atoms with E-state index in [1.165, 1.54) is 7.11 Å². The molecule has 5 nitrogen and oxygen atoms in total. The average molecular weight is 304 g/mol. The van der Waals surface area contributed by atoms with Crippen LogP contribution in [-0.2, 0) is 20.7 Å². The molecule has 1 aromatic rings. The fourth-order valence-electron chi connectivity index (χ4n) is 2.90. The number of amides is 1. The molecule has 0 saturated heterocycles. The molecule has 120 valence electrons. The highest BCUT2D eigenvalue weighted by molar-refractivity contribution is 5.90. The molecule has 2 rings (SSSR count). The zero-order valence-corrected chi connectivity index (χ0v) is 13.0. The summed E-state index contributed by atoms with van der Waals surface area (Å²) in [7, 11) is 1.32. The maximum atomic E-state index is 12.5. The van der Waals surface area contributed by atoms with Crippen molar-refractivity contribution >= 4 is 11.9 Å². The summed E-state index contributed by atoms with van der Waals surface area (Å²) in [5.74, 6) is -0.699. The van der Waals surface area contributed by atoms with Crippen molar-refractivity contribution in [2.75, 3.05) is 7.11 Å². The Labute approximate surface area is 131 Å². The topological polar surface area (TPSA) is 81.4 Å². The molecule has 3 N–H and O–H groups in total. The van der Waals surface area contributed by atoms with Gasteiger partial charge in [-0.25, -0.2) is 4.79 Å². The van der Waals surface area contributed by atoms with Crippen LogP contribution in [0.25, 0.3) is 0 Å². The smallest absolute Gasteiger partial charge is 0.328 e. The zero-order chi connectivity index (χ0) is 16.0. The number of hydrogen-bond donors (Lipinski definition) is 2. The van der Waals surface area contributed by atoms with Crippen LogP contribution in [0.3, 0.4) is 0 Å². The van der Waals surface area contributed by atoms with E-state index in [1.807, 2.05) is 30.3 Å². The third kappa shape index (κ3) is 4.07. The van der Waals surface area contributed by atoms with Crippen LogP contribution in [0.1, 0.15) is 37.7 Å². The first-order chi connectivity index (χ1) is 10.5. The molecule has 22 heavy (non-hydrogen) atoms. The average Bonchev–Trinajstić information content (AvgIpc) is 2.55. The number of benzene rings is 1. The Bertz CT molecular complexity index is 510. The van der Waals surface area contributed by atoms with Crippen molar-refractivity contribution in [2.45, 2.75) is 50.1 Å². The summed E-state index contributed by atoms with van der Waals surface area (Å²) < 4.78 is 4.81. The third-order valence-corrected chi connectivity index (χ3v) is 4.27. The SMILES string of the molecule is COC(=O)[C@@H](Cc1ccccc1)NC(=O)C1(N)CCCCC1. The molecule has 1 aromatic carbocycles. The van der Waals surface area contributed by atoms with E-state index in [4.69, 9.17) is 10.5 Å². The molecular formula is C17H24N2O3. The van der Waals surface area contributed by atoms with Crippen LogP contribution in [0.15, 0.2) is 30.3 Å². The molecule has 1 aliphatic rings. The fraction of sp³-hybridized carbons (Fsp3) is 0.529. The monoisotopic (exact) mass is 304 g/mol. The molecule has 1 fully saturated rings. The summed E-state index contributed by atoms with van der Waals surface area (Å²) in [6, 6.07) is 8.84. The van der Waals surface area contributed by atoms with Gasteiger partial charge in [-0.3, -0.25) is 4.79 Å². The van der Waals surface area contributed by atoms with Crippen molar-refractivity contribution in [3.05, 3.63) is 35.9 Å². The molecule has 0 bridgehead atoms. The van der Waals surface area contributed by atoms with Crippen molar-refractivity contribution < 1.29 is 14.3 Å². The molecule has 1 aliphatic carbocycles.